The molecule has 0 saturated heterocycles. The molecule has 0 radical (unpaired) electrons. The maximum atomic E-state index is 12.6. The molecule has 0 bridgehead atoms. The topological polar surface area (TPSA) is 75.0 Å². The van der Waals surface area contributed by atoms with Gasteiger partial charge in [0.05, 0.1) is 18.6 Å². The number of carbonyl (C=O) groups excluding carboxylic acids is 1. The molecule has 0 aliphatic carbocycles. The Bertz CT molecular complexity index is 944. The van der Waals surface area contributed by atoms with Crippen molar-refractivity contribution in [1.29, 1.82) is 0 Å². The van der Waals surface area contributed by atoms with Crippen LogP contribution in [0, 0.1) is 0 Å². The van der Waals surface area contributed by atoms with Crippen molar-refractivity contribution in [3.05, 3.63) is 40.8 Å². The number of hydrogen-bond acceptors (Lipinski definition) is 6. The van der Waals surface area contributed by atoms with E-state index in [-0.39, 0.29) is 11.5 Å². The van der Waals surface area contributed by atoms with Crippen LogP contribution < -0.4 is 19.8 Å². The lowest BCUT2D eigenvalue weighted by Gasteiger charge is -2.14. The Kier molecular flexibility index (Phi) is 12.2. The average molecular weight is 459 g/mol. The summed E-state index contributed by atoms with van der Waals surface area (Å²) < 4.78 is 22.5. The van der Waals surface area contributed by atoms with Crippen LogP contribution >= 0.6 is 0 Å². The maximum Gasteiger partial charge on any atom is 0.383 e. The fourth-order valence-electron chi connectivity index (χ4n) is 3.57. The quantitative estimate of drug-likeness (QED) is 0.117. The molecule has 0 aliphatic heterocycles. The zero-order chi connectivity index (χ0) is 23.9. The molecule has 1 heterocycles. The van der Waals surface area contributed by atoms with Gasteiger partial charge in [-0.25, -0.2) is 4.79 Å². The Hall–Kier alpha value is -2.76. The molecule has 6 heteroatoms. The molecule has 2 rings (SSSR count). The Labute approximate surface area is 196 Å². The first kappa shape index (κ1) is 26.5. The molecule has 0 aliphatic rings. The van der Waals surface area contributed by atoms with Crippen LogP contribution in [0.15, 0.2) is 39.6 Å². The molecule has 0 amide bonds. The zero-order valence-electron chi connectivity index (χ0n) is 20.3. The van der Waals surface area contributed by atoms with E-state index in [2.05, 4.69) is 13.8 Å². The summed E-state index contributed by atoms with van der Waals surface area (Å²) in [6.45, 7) is 6.40. The molecule has 0 saturated carbocycles. The van der Waals surface area contributed by atoms with Gasteiger partial charge in [-0.15, -0.1) is 0 Å². The molecule has 0 unspecified atom stereocenters. The molecule has 6 nitrogen and oxygen atoms in total. The highest BCUT2D eigenvalue weighted by atomic mass is 16.6. The van der Waals surface area contributed by atoms with Crippen molar-refractivity contribution in [2.45, 2.75) is 85.0 Å². The summed E-state index contributed by atoms with van der Waals surface area (Å²) in [4.78, 5) is 24.1. The number of unbranched alkanes of at least 4 members (excludes halogenated alkanes) is 7. The lowest BCUT2D eigenvalue weighted by Crippen LogP contribution is -2.14. The van der Waals surface area contributed by atoms with Gasteiger partial charge in [0.15, 0.2) is 17.1 Å². The van der Waals surface area contributed by atoms with Gasteiger partial charge in [0.2, 0.25) is 0 Å². The van der Waals surface area contributed by atoms with Gasteiger partial charge in [-0.1, -0.05) is 77.0 Å². The van der Waals surface area contributed by atoms with Gasteiger partial charge in [-0.05, 0) is 31.4 Å². The van der Waals surface area contributed by atoms with Crippen molar-refractivity contribution in [1.82, 2.24) is 0 Å². The number of para-hydroxylation sites is 1. The van der Waals surface area contributed by atoms with Crippen LogP contribution in [0.2, 0.25) is 0 Å². The summed E-state index contributed by atoms with van der Waals surface area (Å²) in [5, 5.41) is 0.541. The molecular weight excluding hydrogens is 420 g/mol. The van der Waals surface area contributed by atoms with E-state index < -0.39 is 11.6 Å². The van der Waals surface area contributed by atoms with Crippen molar-refractivity contribution >= 4 is 16.9 Å². The summed E-state index contributed by atoms with van der Waals surface area (Å²) in [5.74, 6) is -0.148. The summed E-state index contributed by atoms with van der Waals surface area (Å²) >= 11 is 0. The van der Waals surface area contributed by atoms with Crippen LogP contribution in [-0.4, -0.2) is 19.2 Å². The third kappa shape index (κ3) is 8.95. The lowest BCUT2D eigenvalue weighted by molar-refractivity contribution is -0.132. The number of fused-ring (bicyclic) bond motifs is 1. The predicted molar refractivity (Wildman–Crippen MR) is 131 cm³/mol. The minimum Gasteiger partial charge on any atom is -0.490 e. The highest BCUT2D eigenvalue weighted by Gasteiger charge is 2.21. The second-order valence-corrected chi connectivity index (χ2v) is 8.11. The van der Waals surface area contributed by atoms with E-state index in [1.165, 1.54) is 45.4 Å². The van der Waals surface area contributed by atoms with Crippen LogP contribution in [-0.2, 0) is 4.79 Å². The number of hydrogen-bond donors (Lipinski definition) is 0. The fourth-order valence-corrected chi connectivity index (χ4v) is 3.57. The largest absolute Gasteiger partial charge is 0.490 e. The molecule has 1 aromatic heterocycles. The fraction of sp³-hybridized carbons (Fsp3) is 0.556. The Morgan fingerprint density at radius 2 is 1.64 bits per heavy atom. The van der Waals surface area contributed by atoms with E-state index in [4.69, 9.17) is 18.6 Å². The first-order valence-corrected chi connectivity index (χ1v) is 12.3. The summed E-state index contributed by atoms with van der Waals surface area (Å²) in [6.07, 6.45) is 15.4. The van der Waals surface area contributed by atoms with Crippen molar-refractivity contribution in [3.63, 3.8) is 0 Å². The van der Waals surface area contributed by atoms with E-state index in [1.807, 2.05) is 18.2 Å². The first-order valence-electron chi connectivity index (χ1n) is 12.3. The van der Waals surface area contributed by atoms with Crippen LogP contribution in [0.4, 0.5) is 0 Å². The third-order valence-electron chi connectivity index (χ3n) is 5.24. The van der Waals surface area contributed by atoms with Crippen molar-refractivity contribution in [2.75, 3.05) is 13.2 Å². The van der Waals surface area contributed by atoms with Gasteiger partial charge < -0.3 is 18.6 Å². The lowest BCUT2D eigenvalue weighted by atomic mass is 10.1. The summed E-state index contributed by atoms with van der Waals surface area (Å²) in [5.41, 5.74) is -0.461. The van der Waals surface area contributed by atoms with Gasteiger partial charge in [0.1, 0.15) is 0 Å². The standard InChI is InChI=1S/C27H38O6/c1-4-6-8-10-11-12-13-15-19-30-23-18-16-17-22-24(23)33-27(29)26(32-21(3)28)25(22)31-20-14-9-7-5-2/h7,9,16-18H,4-6,8,10-15,19-20H2,1-3H3/b9-7+. The summed E-state index contributed by atoms with van der Waals surface area (Å²) in [6, 6.07) is 5.35. The monoisotopic (exact) mass is 458 g/mol. The molecule has 0 fully saturated rings. The second kappa shape index (κ2) is 15.1. The Morgan fingerprint density at radius 1 is 0.909 bits per heavy atom. The molecule has 1 aromatic carbocycles. The average Bonchev–Trinajstić information content (AvgIpc) is 2.79. The molecule has 0 N–H and O–H groups in total. The minimum atomic E-state index is -0.764. The van der Waals surface area contributed by atoms with Gasteiger partial charge >= 0.3 is 11.6 Å². The zero-order valence-corrected chi connectivity index (χ0v) is 20.3. The van der Waals surface area contributed by atoms with Crippen molar-refractivity contribution in [2.24, 2.45) is 0 Å². The Balaban J connectivity index is 2.10. The second-order valence-electron chi connectivity index (χ2n) is 8.11. The molecule has 2 aromatic rings. The van der Waals surface area contributed by atoms with E-state index in [9.17, 15) is 9.59 Å². The van der Waals surface area contributed by atoms with Crippen LogP contribution in [0.1, 0.15) is 85.0 Å². The van der Waals surface area contributed by atoms with E-state index in [0.717, 1.165) is 19.3 Å². The predicted octanol–water partition coefficient (Wildman–Crippen LogP) is 6.97. The van der Waals surface area contributed by atoms with Gasteiger partial charge in [-0.3, -0.25) is 4.79 Å². The minimum absolute atomic E-state index is 0.207. The number of allylic oxidation sites excluding steroid dienone is 1. The molecular formula is C27H38O6. The SMILES string of the molecule is CC/C=C/CCOc1c(OC(C)=O)c(=O)oc2c(OCCCCCCCCCC)cccc12. The maximum absolute atomic E-state index is 12.6. The normalized spacial score (nSPS) is 11.2. The number of carbonyl (C=O) groups is 1. The highest BCUT2D eigenvalue weighted by Crippen LogP contribution is 2.37. The number of esters is 1. The first-order chi connectivity index (χ1) is 16.1. The number of ether oxygens (including phenoxy) is 3. The van der Waals surface area contributed by atoms with E-state index in [0.29, 0.717) is 36.4 Å². The Morgan fingerprint density at radius 3 is 2.33 bits per heavy atom. The van der Waals surface area contributed by atoms with Gasteiger partial charge in [-0.2, -0.15) is 0 Å². The molecule has 0 spiro atoms. The smallest absolute Gasteiger partial charge is 0.383 e. The highest BCUT2D eigenvalue weighted by molar-refractivity contribution is 5.90. The van der Waals surface area contributed by atoms with Gasteiger partial charge in [0, 0.05) is 6.92 Å². The van der Waals surface area contributed by atoms with E-state index in [1.54, 1.807) is 12.1 Å². The van der Waals surface area contributed by atoms with Crippen LogP contribution in [0.5, 0.6) is 17.2 Å². The molecule has 182 valence electrons. The van der Waals surface area contributed by atoms with Crippen molar-refractivity contribution in [3.8, 4) is 17.2 Å². The number of benzene rings is 1. The molecule has 0 atom stereocenters. The molecule has 33 heavy (non-hydrogen) atoms. The van der Waals surface area contributed by atoms with E-state index >= 15 is 0 Å². The number of rotatable bonds is 16. The van der Waals surface area contributed by atoms with Crippen LogP contribution in [0.3, 0.4) is 0 Å². The van der Waals surface area contributed by atoms with Crippen LogP contribution in [0.25, 0.3) is 11.0 Å². The third-order valence-corrected chi connectivity index (χ3v) is 5.24. The van der Waals surface area contributed by atoms with Crippen molar-refractivity contribution < 1.29 is 23.4 Å². The summed E-state index contributed by atoms with van der Waals surface area (Å²) in [7, 11) is 0. The van der Waals surface area contributed by atoms with Gasteiger partial charge in [0.25, 0.3) is 5.75 Å².